The van der Waals surface area contributed by atoms with Crippen LogP contribution in [0.4, 0.5) is 17.2 Å². The molecule has 1 heterocycles. The van der Waals surface area contributed by atoms with Crippen molar-refractivity contribution in [3.8, 4) is 5.75 Å². The van der Waals surface area contributed by atoms with Crippen LogP contribution in [0.25, 0.3) is 0 Å². The van der Waals surface area contributed by atoms with Crippen LogP contribution in [0.2, 0.25) is 0 Å². The average molecular weight is 361 g/mol. The first-order valence-corrected chi connectivity index (χ1v) is 8.86. The molecule has 5 heteroatoms. The highest BCUT2D eigenvalue weighted by Crippen LogP contribution is 2.25. The molecule has 27 heavy (non-hydrogen) atoms. The first-order chi connectivity index (χ1) is 13.1. The summed E-state index contributed by atoms with van der Waals surface area (Å²) in [5.41, 5.74) is 3.48. The standard InChI is InChI=1S/C22H23N3O2/c1-4-25(19-9-5-7-16(2)13-19)21-12-11-18(15-23-21)24-22(26)17-8-6-10-20(14-17)27-3/h5-15H,4H2,1-3H3,(H,24,26). The Bertz CT molecular complexity index is 923. The summed E-state index contributed by atoms with van der Waals surface area (Å²) < 4.78 is 5.16. The lowest BCUT2D eigenvalue weighted by atomic mass is 10.2. The molecule has 0 saturated carbocycles. The molecule has 0 fully saturated rings. The number of aromatic nitrogens is 1. The van der Waals surface area contributed by atoms with Crippen LogP contribution < -0.4 is 15.0 Å². The maximum Gasteiger partial charge on any atom is 0.255 e. The Labute approximate surface area is 159 Å². The van der Waals surface area contributed by atoms with Crippen LogP contribution in [0, 0.1) is 6.92 Å². The highest BCUT2D eigenvalue weighted by atomic mass is 16.5. The fraction of sp³-hybridized carbons (Fsp3) is 0.182. The van der Waals surface area contributed by atoms with Crippen LogP contribution in [-0.2, 0) is 0 Å². The van der Waals surface area contributed by atoms with Gasteiger partial charge in [0, 0.05) is 17.8 Å². The number of carbonyl (C=O) groups excluding carboxylic acids is 1. The Kier molecular flexibility index (Phi) is 5.71. The minimum Gasteiger partial charge on any atom is -0.497 e. The van der Waals surface area contributed by atoms with Crippen molar-refractivity contribution in [2.24, 2.45) is 0 Å². The van der Waals surface area contributed by atoms with Crippen LogP contribution in [-0.4, -0.2) is 24.5 Å². The predicted molar refractivity (Wildman–Crippen MR) is 109 cm³/mol. The lowest BCUT2D eigenvalue weighted by Crippen LogP contribution is -2.18. The molecule has 0 aliphatic rings. The van der Waals surface area contributed by atoms with Crippen molar-refractivity contribution in [3.63, 3.8) is 0 Å². The van der Waals surface area contributed by atoms with Gasteiger partial charge in [0.15, 0.2) is 0 Å². The van der Waals surface area contributed by atoms with E-state index in [2.05, 4.69) is 47.2 Å². The van der Waals surface area contributed by atoms with E-state index in [0.717, 1.165) is 18.1 Å². The number of hydrogen-bond donors (Lipinski definition) is 1. The molecule has 3 aromatic rings. The van der Waals surface area contributed by atoms with Crippen LogP contribution in [0.3, 0.4) is 0 Å². The first-order valence-electron chi connectivity index (χ1n) is 8.86. The number of amides is 1. The summed E-state index contributed by atoms with van der Waals surface area (Å²) in [6.45, 7) is 4.95. The molecule has 0 unspecified atom stereocenters. The predicted octanol–water partition coefficient (Wildman–Crippen LogP) is 4.81. The molecule has 0 spiro atoms. The Hall–Kier alpha value is -3.34. The van der Waals surface area contributed by atoms with Gasteiger partial charge in [-0.2, -0.15) is 0 Å². The summed E-state index contributed by atoms with van der Waals surface area (Å²) >= 11 is 0. The maximum absolute atomic E-state index is 12.4. The van der Waals surface area contributed by atoms with Crippen LogP contribution in [0.1, 0.15) is 22.8 Å². The Morgan fingerprint density at radius 3 is 2.59 bits per heavy atom. The molecule has 2 aromatic carbocycles. The molecule has 0 aliphatic carbocycles. The zero-order chi connectivity index (χ0) is 19.2. The minimum absolute atomic E-state index is 0.200. The molecular weight excluding hydrogens is 338 g/mol. The number of carbonyl (C=O) groups is 1. The summed E-state index contributed by atoms with van der Waals surface area (Å²) in [4.78, 5) is 19.1. The zero-order valence-corrected chi connectivity index (χ0v) is 15.8. The highest BCUT2D eigenvalue weighted by molar-refractivity contribution is 6.04. The van der Waals surface area contributed by atoms with E-state index in [1.807, 2.05) is 18.2 Å². The molecule has 0 aliphatic heterocycles. The van der Waals surface area contributed by atoms with E-state index in [1.165, 1.54) is 5.56 Å². The molecule has 138 valence electrons. The summed E-state index contributed by atoms with van der Waals surface area (Å²) in [5.74, 6) is 1.28. The van der Waals surface area contributed by atoms with Gasteiger partial charge in [0.2, 0.25) is 0 Å². The van der Waals surface area contributed by atoms with E-state index in [0.29, 0.717) is 17.0 Å². The number of pyridine rings is 1. The van der Waals surface area contributed by atoms with Crippen LogP contribution in [0.15, 0.2) is 66.9 Å². The fourth-order valence-corrected chi connectivity index (χ4v) is 2.86. The molecule has 1 amide bonds. The van der Waals surface area contributed by atoms with Crippen molar-refractivity contribution in [1.29, 1.82) is 0 Å². The quantitative estimate of drug-likeness (QED) is 0.685. The third kappa shape index (κ3) is 4.44. The topological polar surface area (TPSA) is 54.5 Å². The molecule has 0 atom stereocenters. The molecule has 3 rings (SSSR count). The van der Waals surface area contributed by atoms with E-state index in [-0.39, 0.29) is 5.91 Å². The van der Waals surface area contributed by atoms with Gasteiger partial charge >= 0.3 is 0 Å². The van der Waals surface area contributed by atoms with Crippen molar-refractivity contribution in [2.45, 2.75) is 13.8 Å². The summed E-state index contributed by atoms with van der Waals surface area (Å²) in [5, 5.41) is 2.87. The number of ether oxygens (including phenoxy) is 1. The van der Waals surface area contributed by atoms with Crippen LogP contribution in [0.5, 0.6) is 5.75 Å². The molecule has 0 radical (unpaired) electrons. The van der Waals surface area contributed by atoms with Crippen molar-refractivity contribution in [3.05, 3.63) is 78.0 Å². The Balaban J connectivity index is 1.75. The number of hydrogen-bond acceptors (Lipinski definition) is 4. The van der Waals surface area contributed by atoms with Gasteiger partial charge in [-0.05, 0) is 61.9 Å². The number of nitrogens with one attached hydrogen (secondary N) is 1. The monoisotopic (exact) mass is 361 g/mol. The second-order valence-corrected chi connectivity index (χ2v) is 6.17. The smallest absolute Gasteiger partial charge is 0.255 e. The van der Waals surface area contributed by atoms with Gasteiger partial charge in [-0.15, -0.1) is 0 Å². The lowest BCUT2D eigenvalue weighted by Gasteiger charge is -2.22. The number of aryl methyl sites for hydroxylation is 1. The largest absolute Gasteiger partial charge is 0.497 e. The van der Waals surface area contributed by atoms with Crippen molar-refractivity contribution < 1.29 is 9.53 Å². The van der Waals surface area contributed by atoms with Gasteiger partial charge in [-0.1, -0.05) is 18.2 Å². The second kappa shape index (κ2) is 8.36. The molecule has 0 saturated heterocycles. The number of anilines is 3. The van der Waals surface area contributed by atoms with E-state index in [4.69, 9.17) is 4.74 Å². The lowest BCUT2D eigenvalue weighted by molar-refractivity contribution is 0.102. The van der Waals surface area contributed by atoms with Crippen molar-refractivity contribution in [2.75, 3.05) is 23.9 Å². The van der Waals surface area contributed by atoms with Gasteiger partial charge in [0.05, 0.1) is 19.0 Å². The third-order valence-electron chi connectivity index (χ3n) is 4.24. The molecule has 0 bridgehead atoms. The number of nitrogens with zero attached hydrogens (tertiary/aromatic N) is 2. The third-order valence-corrected chi connectivity index (χ3v) is 4.24. The minimum atomic E-state index is -0.200. The van der Waals surface area contributed by atoms with E-state index >= 15 is 0 Å². The van der Waals surface area contributed by atoms with Gasteiger partial charge in [0.25, 0.3) is 5.91 Å². The maximum atomic E-state index is 12.4. The second-order valence-electron chi connectivity index (χ2n) is 6.17. The van der Waals surface area contributed by atoms with Gasteiger partial charge in [-0.25, -0.2) is 4.98 Å². The summed E-state index contributed by atoms with van der Waals surface area (Å²) in [7, 11) is 1.58. The molecule has 1 N–H and O–H groups in total. The normalized spacial score (nSPS) is 10.3. The fourth-order valence-electron chi connectivity index (χ4n) is 2.86. The van der Waals surface area contributed by atoms with Gasteiger partial charge in [-0.3, -0.25) is 4.79 Å². The van der Waals surface area contributed by atoms with Crippen molar-refractivity contribution in [1.82, 2.24) is 4.98 Å². The molecule has 5 nitrogen and oxygen atoms in total. The first kappa shape index (κ1) is 18.5. The van der Waals surface area contributed by atoms with Crippen molar-refractivity contribution >= 4 is 23.1 Å². The van der Waals surface area contributed by atoms with Gasteiger partial charge < -0.3 is 15.0 Å². The highest BCUT2D eigenvalue weighted by Gasteiger charge is 2.11. The van der Waals surface area contributed by atoms with Gasteiger partial charge in [0.1, 0.15) is 11.6 Å². The average Bonchev–Trinajstić information content (AvgIpc) is 2.70. The zero-order valence-electron chi connectivity index (χ0n) is 15.8. The van der Waals surface area contributed by atoms with E-state index in [1.54, 1.807) is 37.6 Å². The number of benzene rings is 2. The SMILES string of the molecule is CCN(c1cccc(C)c1)c1ccc(NC(=O)c2cccc(OC)c2)cn1. The number of methoxy groups -OCH3 is 1. The molecule has 1 aromatic heterocycles. The Morgan fingerprint density at radius 1 is 1.11 bits per heavy atom. The van der Waals surface area contributed by atoms with E-state index < -0.39 is 0 Å². The summed E-state index contributed by atoms with van der Waals surface area (Å²) in [6.07, 6.45) is 1.67. The van der Waals surface area contributed by atoms with E-state index in [9.17, 15) is 4.79 Å². The van der Waals surface area contributed by atoms with Crippen LogP contribution >= 0.6 is 0 Å². The summed E-state index contributed by atoms with van der Waals surface area (Å²) in [6, 6.07) is 19.1. The number of rotatable bonds is 6. The Morgan fingerprint density at radius 2 is 1.93 bits per heavy atom. The molecular formula is C22H23N3O2.